The second-order valence-corrected chi connectivity index (χ2v) is 6.72. The van der Waals surface area contributed by atoms with Crippen molar-refractivity contribution < 1.29 is 9.90 Å². The predicted octanol–water partition coefficient (Wildman–Crippen LogP) is 3.40. The van der Waals surface area contributed by atoms with Gasteiger partial charge in [0.05, 0.1) is 11.3 Å². The molecule has 0 aromatic heterocycles. The lowest BCUT2D eigenvalue weighted by Gasteiger charge is -2.45. The Balaban J connectivity index is 2.50. The van der Waals surface area contributed by atoms with Crippen molar-refractivity contribution >= 4 is 27.6 Å². The van der Waals surface area contributed by atoms with Crippen LogP contribution in [0.5, 0.6) is 0 Å². The molecule has 0 amide bonds. The van der Waals surface area contributed by atoms with Gasteiger partial charge in [-0.05, 0) is 36.5 Å². The van der Waals surface area contributed by atoms with Gasteiger partial charge in [-0.2, -0.15) is 5.26 Å². The molecule has 1 unspecified atom stereocenters. The molecule has 1 aliphatic heterocycles. The summed E-state index contributed by atoms with van der Waals surface area (Å²) < 4.78 is 0.820. The number of aliphatic carboxylic acids is 1. The van der Waals surface area contributed by atoms with Gasteiger partial charge in [-0.15, -0.1) is 0 Å². The fourth-order valence-corrected chi connectivity index (χ4v) is 3.33. The first-order chi connectivity index (χ1) is 9.36. The van der Waals surface area contributed by atoms with E-state index in [9.17, 15) is 15.2 Å². The zero-order chi connectivity index (χ0) is 14.9. The van der Waals surface area contributed by atoms with Gasteiger partial charge in [-0.1, -0.05) is 29.8 Å². The van der Waals surface area contributed by atoms with Crippen molar-refractivity contribution in [3.63, 3.8) is 0 Å². The molecule has 5 heteroatoms. The highest BCUT2D eigenvalue weighted by Gasteiger charge is 2.43. The molecule has 4 nitrogen and oxygen atoms in total. The smallest absolute Gasteiger partial charge is 0.326 e. The first-order valence-electron chi connectivity index (χ1n) is 6.56. The highest BCUT2D eigenvalue weighted by Crippen LogP contribution is 2.39. The molecule has 1 N–H and O–H groups in total. The number of nitriles is 1. The number of hydrogen-bond acceptors (Lipinski definition) is 3. The quantitative estimate of drug-likeness (QED) is 0.898. The van der Waals surface area contributed by atoms with Gasteiger partial charge in [-0.25, -0.2) is 4.79 Å². The number of carboxylic acid groups (broad SMARTS) is 1. The molecule has 0 spiro atoms. The first kappa shape index (κ1) is 14.9. The molecular formula is C15H17BrN2O2. The number of halogens is 1. The highest BCUT2D eigenvalue weighted by molar-refractivity contribution is 9.10. The van der Waals surface area contributed by atoms with Crippen LogP contribution in [0.2, 0.25) is 0 Å². The summed E-state index contributed by atoms with van der Waals surface area (Å²) in [6, 6.07) is 6.94. The molecule has 2 rings (SSSR count). The number of carboxylic acids is 1. The van der Waals surface area contributed by atoms with Crippen molar-refractivity contribution in [2.24, 2.45) is 5.41 Å². The van der Waals surface area contributed by atoms with Gasteiger partial charge < -0.3 is 10.0 Å². The van der Waals surface area contributed by atoms with Crippen LogP contribution in [-0.2, 0) is 4.79 Å². The van der Waals surface area contributed by atoms with E-state index in [1.165, 1.54) is 0 Å². The second-order valence-electron chi connectivity index (χ2n) is 5.80. The number of nitrogens with zero attached hydrogens (tertiary/aromatic N) is 2. The van der Waals surface area contributed by atoms with Crippen molar-refractivity contribution in [2.75, 3.05) is 11.4 Å². The Morgan fingerprint density at radius 3 is 2.85 bits per heavy atom. The van der Waals surface area contributed by atoms with E-state index in [4.69, 9.17) is 0 Å². The van der Waals surface area contributed by atoms with E-state index in [1.54, 1.807) is 6.07 Å². The van der Waals surface area contributed by atoms with E-state index < -0.39 is 12.0 Å². The molecule has 20 heavy (non-hydrogen) atoms. The maximum Gasteiger partial charge on any atom is 0.326 e. The van der Waals surface area contributed by atoms with Crippen LogP contribution in [0.25, 0.3) is 0 Å². The van der Waals surface area contributed by atoms with Gasteiger partial charge in [0, 0.05) is 11.0 Å². The SMILES string of the molecule is CC1(C)CCCN(c2ccc(Br)cc2C#N)C1C(=O)O. The number of carbonyl (C=O) groups is 1. The van der Waals surface area contributed by atoms with E-state index in [0.29, 0.717) is 17.8 Å². The Bertz CT molecular complexity index is 578. The van der Waals surface area contributed by atoms with Gasteiger partial charge in [-0.3, -0.25) is 0 Å². The normalized spacial score (nSPS) is 21.3. The van der Waals surface area contributed by atoms with Gasteiger partial charge in [0.2, 0.25) is 0 Å². The molecule has 1 atom stereocenters. The molecule has 1 fully saturated rings. The summed E-state index contributed by atoms with van der Waals surface area (Å²) in [5.41, 5.74) is 0.892. The maximum atomic E-state index is 11.7. The van der Waals surface area contributed by atoms with Gasteiger partial charge in [0.15, 0.2) is 0 Å². The largest absolute Gasteiger partial charge is 0.480 e. The Labute approximate surface area is 127 Å². The summed E-state index contributed by atoms with van der Waals surface area (Å²) in [6.07, 6.45) is 1.80. The van der Waals surface area contributed by atoms with Crippen LogP contribution in [0.15, 0.2) is 22.7 Å². The number of anilines is 1. The Kier molecular flexibility index (Phi) is 4.05. The first-order valence-corrected chi connectivity index (χ1v) is 7.35. The fraction of sp³-hybridized carbons (Fsp3) is 0.467. The summed E-state index contributed by atoms with van der Waals surface area (Å²) in [7, 11) is 0. The molecule has 0 radical (unpaired) electrons. The molecular weight excluding hydrogens is 320 g/mol. The minimum Gasteiger partial charge on any atom is -0.480 e. The van der Waals surface area contributed by atoms with Crippen LogP contribution in [-0.4, -0.2) is 23.7 Å². The summed E-state index contributed by atoms with van der Waals surface area (Å²) in [6.45, 7) is 4.61. The lowest BCUT2D eigenvalue weighted by molar-refractivity contribution is -0.142. The number of piperidine rings is 1. The molecule has 1 saturated heterocycles. The number of hydrogen-bond donors (Lipinski definition) is 1. The van der Waals surface area contributed by atoms with Crippen molar-refractivity contribution in [1.29, 1.82) is 5.26 Å². The third kappa shape index (κ3) is 2.66. The van der Waals surface area contributed by atoms with Crippen LogP contribution in [0.3, 0.4) is 0 Å². The summed E-state index contributed by atoms with van der Waals surface area (Å²) >= 11 is 3.34. The fourth-order valence-electron chi connectivity index (χ4n) is 2.97. The van der Waals surface area contributed by atoms with E-state index >= 15 is 0 Å². The van der Waals surface area contributed by atoms with E-state index in [1.807, 2.05) is 30.9 Å². The van der Waals surface area contributed by atoms with Crippen molar-refractivity contribution in [3.8, 4) is 6.07 Å². The molecule has 0 bridgehead atoms. The highest BCUT2D eigenvalue weighted by atomic mass is 79.9. The molecule has 1 aromatic rings. The van der Waals surface area contributed by atoms with Gasteiger partial charge >= 0.3 is 5.97 Å². The molecule has 1 heterocycles. The molecule has 0 aliphatic carbocycles. The van der Waals surface area contributed by atoms with Crippen molar-refractivity contribution in [2.45, 2.75) is 32.7 Å². The predicted molar refractivity (Wildman–Crippen MR) is 80.6 cm³/mol. The molecule has 106 valence electrons. The Hall–Kier alpha value is -1.54. The third-order valence-electron chi connectivity index (χ3n) is 3.89. The minimum atomic E-state index is -0.832. The summed E-state index contributed by atoms with van der Waals surface area (Å²) in [4.78, 5) is 13.5. The number of benzene rings is 1. The van der Waals surface area contributed by atoms with Crippen molar-refractivity contribution in [3.05, 3.63) is 28.2 Å². The monoisotopic (exact) mass is 336 g/mol. The topological polar surface area (TPSA) is 64.3 Å². The molecule has 1 aromatic carbocycles. The molecule has 1 aliphatic rings. The zero-order valence-electron chi connectivity index (χ0n) is 11.6. The van der Waals surface area contributed by atoms with Crippen LogP contribution in [0.1, 0.15) is 32.3 Å². The Morgan fingerprint density at radius 2 is 2.25 bits per heavy atom. The molecule has 0 saturated carbocycles. The lowest BCUT2D eigenvalue weighted by atomic mass is 9.76. The average molecular weight is 337 g/mol. The second kappa shape index (κ2) is 5.45. The Morgan fingerprint density at radius 1 is 1.55 bits per heavy atom. The maximum absolute atomic E-state index is 11.7. The van der Waals surface area contributed by atoms with Gasteiger partial charge in [0.1, 0.15) is 12.1 Å². The number of rotatable bonds is 2. The van der Waals surface area contributed by atoms with Crippen LogP contribution < -0.4 is 4.90 Å². The third-order valence-corrected chi connectivity index (χ3v) is 4.39. The van der Waals surface area contributed by atoms with E-state index in [0.717, 1.165) is 17.3 Å². The average Bonchev–Trinajstić information content (AvgIpc) is 2.36. The summed E-state index contributed by atoms with van der Waals surface area (Å²) in [5.74, 6) is -0.832. The standard InChI is InChI=1S/C15H17BrN2O2/c1-15(2)6-3-7-18(13(15)14(19)20)12-5-4-11(16)8-10(12)9-17/h4-5,8,13H,3,6-7H2,1-2H3,(H,19,20). The lowest BCUT2D eigenvalue weighted by Crippen LogP contribution is -2.54. The minimum absolute atomic E-state index is 0.316. The zero-order valence-corrected chi connectivity index (χ0v) is 13.1. The van der Waals surface area contributed by atoms with E-state index in [2.05, 4.69) is 22.0 Å². The van der Waals surface area contributed by atoms with Gasteiger partial charge in [0.25, 0.3) is 0 Å². The van der Waals surface area contributed by atoms with Crippen LogP contribution >= 0.6 is 15.9 Å². The van der Waals surface area contributed by atoms with Crippen molar-refractivity contribution in [1.82, 2.24) is 0 Å². The van der Waals surface area contributed by atoms with Crippen LogP contribution in [0.4, 0.5) is 5.69 Å². The summed E-state index contributed by atoms with van der Waals surface area (Å²) in [5, 5.41) is 18.9. The van der Waals surface area contributed by atoms with E-state index in [-0.39, 0.29) is 5.41 Å². The van der Waals surface area contributed by atoms with Crippen LogP contribution in [0, 0.1) is 16.7 Å².